The van der Waals surface area contributed by atoms with Crippen LogP contribution in [0.15, 0.2) is 56.5 Å². The Morgan fingerprint density at radius 3 is 2.61 bits per heavy atom. The molecule has 2 aromatic rings. The predicted octanol–water partition coefficient (Wildman–Crippen LogP) is 3.66. The quantitative estimate of drug-likeness (QED) is 0.525. The molecule has 146 valence electrons. The van der Waals surface area contributed by atoms with E-state index in [1.807, 2.05) is 0 Å². The van der Waals surface area contributed by atoms with E-state index >= 15 is 0 Å². The smallest absolute Gasteiger partial charge is 0.294 e. The fraction of sp³-hybridized carbons (Fsp3) is 0.0588. The summed E-state index contributed by atoms with van der Waals surface area (Å²) in [6.45, 7) is 3.63. The highest BCUT2D eigenvalue weighted by Gasteiger charge is 2.34. The molecular weight excluding hydrogens is 444 g/mol. The van der Waals surface area contributed by atoms with Crippen LogP contribution in [0.1, 0.15) is 5.56 Å². The average molecular weight is 457 g/mol. The van der Waals surface area contributed by atoms with Gasteiger partial charge in [0.25, 0.3) is 15.9 Å². The first-order valence-electron chi connectivity index (χ1n) is 7.66. The topological polar surface area (TPSA) is 107 Å². The number of nitrogens with zero attached hydrogens (tertiary/aromatic N) is 2. The third-order valence-corrected chi connectivity index (χ3v) is 7.59. The van der Waals surface area contributed by atoms with Gasteiger partial charge in [0.05, 0.1) is 9.24 Å². The van der Waals surface area contributed by atoms with Crippen molar-refractivity contribution in [2.24, 2.45) is 4.40 Å². The number of thioether (sulfide) groups is 1. The molecule has 0 aliphatic carbocycles. The van der Waals surface area contributed by atoms with Crippen LogP contribution in [-0.4, -0.2) is 41.2 Å². The van der Waals surface area contributed by atoms with Crippen LogP contribution in [-0.2, 0) is 14.8 Å². The Bertz CT molecular complexity index is 1120. The highest BCUT2D eigenvalue weighted by atomic mass is 35.5. The van der Waals surface area contributed by atoms with Crippen LogP contribution in [0.4, 0.5) is 0 Å². The fourth-order valence-corrected chi connectivity index (χ4v) is 5.89. The molecule has 0 saturated carbocycles. The van der Waals surface area contributed by atoms with Crippen molar-refractivity contribution in [3.8, 4) is 11.5 Å². The van der Waals surface area contributed by atoms with Gasteiger partial charge in [-0.15, -0.1) is 22.3 Å². The fourth-order valence-electron chi connectivity index (χ4n) is 2.25. The van der Waals surface area contributed by atoms with E-state index in [1.165, 1.54) is 41.3 Å². The summed E-state index contributed by atoms with van der Waals surface area (Å²) in [7, 11) is -4.04. The van der Waals surface area contributed by atoms with Crippen LogP contribution in [0.3, 0.4) is 0 Å². The Morgan fingerprint density at radius 2 is 2.00 bits per heavy atom. The molecular formula is C17H13ClN2O5S3. The zero-order valence-electron chi connectivity index (χ0n) is 14.1. The second kappa shape index (κ2) is 8.00. The van der Waals surface area contributed by atoms with Gasteiger partial charge < -0.3 is 10.2 Å². The largest absolute Gasteiger partial charge is 0.508 e. The van der Waals surface area contributed by atoms with Crippen LogP contribution in [0, 0.1) is 0 Å². The van der Waals surface area contributed by atoms with Gasteiger partial charge in [0, 0.05) is 18.2 Å². The number of hydrogen-bond donors (Lipinski definition) is 2. The summed E-state index contributed by atoms with van der Waals surface area (Å²) in [4.78, 5) is 14.0. The molecule has 3 rings (SSSR count). The van der Waals surface area contributed by atoms with E-state index in [0.717, 1.165) is 29.2 Å². The standard InChI is InChI=1S/C17H13ClN2O5S3/c1-2-7-20-16(23)13(8-10-3-4-11(21)9-12(10)22)26-17(20)19-28(24,25)15-6-5-14(18)27-15/h2-6,8-9,21-22H,1,7H2/b13-8-,19-17+. The number of carbonyl (C=O) groups excluding carboxylic acids is 1. The molecule has 0 unspecified atom stereocenters. The van der Waals surface area contributed by atoms with Crippen molar-refractivity contribution < 1.29 is 23.4 Å². The molecule has 1 aliphatic rings. The minimum Gasteiger partial charge on any atom is -0.508 e. The molecule has 0 radical (unpaired) electrons. The molecule has 28 heavy (non-hydrogen) atoms. The summed E-state index contributed by atoms with van der Waals surface area (Å²) in [5.74, 6) is -0.820. The summed E-state index contributed by atoms with van der Waals surface area (Å²) in [5.41, 5.74) is 0.293. The van der Waals surface area contributed by atoms with E-state index in [-0.39, 0.29) is 32.3 Å². The minimum absolute atomic E-state index is 0.0288. The number of phenols is 2. The number of rotatable bonds is 5. The highest BCUT2D eigenvalue weighted by Crippen LogP contribution is 2.36. The normalized spacial score (nSPS) is 17.6. The number of amidine groups is 1. The maximum Gasteiger partial charge on any atom is 0.294 e. The number of sulfonamides is 1. The van der Waals surface area contributed by atoms with Crippen molar-refractivity contribution in [1.29, 1.82) is 0 Å². The van der Waals surface area contributed by atoms with Gasteiger partial charge in [-0.3, -0.25) is 9.69 Å². The molecule has 1 aliphatic heterocycles. The number of thiophene rings is 1. The average Bonchev–Trinajstić information content (AvgIpc) is 3.17. The van der Waals surface area contributed by atoms with E-state index in [2.05, 4.69) is 11.0 Å². The maximum absolute atomic E-state index is 12.7. The van der Waals surface area contributed by atoms with Gasteiger partial charge in [0.1, 0.15) is 15.7 Å². The van der Waals surface area contributed by atoms with E-state index in [0.29, 0.717) is 9.90 Å². The van der Waals surface area contributed by atoms with Gasteiger partial charge in [0.15, 0.2) is 5.17 Å². The number of carbonyl (C=O) groups is 1. The number of benzene rings is 1. The van der Waals surface area contributed by atoms with Crippen molar-refractivity contribution in [3.05, 3.63) is 57.8 Å². The van der Waals surface area contributed by atoms with Gasteiger partial charge in [-0.2, -0.15) is 8.42 Å². The lowest BCUT2D eigenvalue weighted by Crippen LogP contribution is -2.29. The van der Waals surface area contributed by atoms with E-state index in [9.17, 15) is 23.4 Å². The Balaban J connectivity index is 2.01. The molecule has 0 atom stereocenters. The van der Waals surface area contributed by atoms with Crippen molar-refractivity contribution in [3.63, 3.8) is 0 Å². The highest BCUT2D eigenvalue weighted by molar-refractivity contribution is 8.19. The second-order valence-electron chi connectivity index (χ2n) is 5.47. The summed E-state index contributed by atoms with van der Waals surface area (Å²) < 4.78 is 29.1. The van der Waals surface area contributed by atoms with Crippen molar-refractivity contribution in [1.82, 2.24) is 4.90 Å². The van der Waals surface area contributed by atoms with E-state index in [4.69, 9.17) is 11.6 Å². The maximum atomic E-state index is 12.7. The molecule has 2 N–H and O–H groups in total. The van der Waals surface area contributed by atoms with Gasteiger partial charge >= 0.3 is 0 Å². The third kappa shape index (κ3) is 4.25. The Labute approximate surface area is 174 Å². The van der Waals surface area contributed by atoms with Crippen molar-refractivity contribution in [2.45, 2.75) is 4.21 Å². The molecule has 1 fully saturated rings. The zero-order valence-corrected chi connectivity index (χ0v) is 17.3. The first-order valence-corrected chi connectivity index (χ1v) is 11.1. The molecule has 0 spiro atoms. The Hall–Kier alpha value is -2.27. The number of halogens is 1. The lowest BCUT2D eigenvalue weighted by atomic mass is 10.1. The molecule has 1 aromatic heterocycles. The second-order valence-corrected chi connectivity index (χ2v) is 10.0. The first-order chi connectivity index (χ1) is 13.2. The van der Waals surface area contributed by atoms with Gasteiger partial charge in [0.2, 0.25) is 0 Å². The lowest BCUT2D eigenvalue weighted by Gasteiger charge is -2.12. The molecule has 1 aromatic carbocycles. The van der Waals surface area contributed by atoms with Crippen LogP contribution in [0.25, 0.3) is 6.08 Å². The van der Waals surface area contributed by atoms with Gasteiger partial charge in [-0.05, 0) is 42.1 Å². The summed E-state index contributed by atoms with van der Waals surface area (Å²) in [6.07, 6.45) is 2.85. The van der Waals surface area contributed by atoms with E-state index < -0.39 is 15.9 Å². The number of amides is 1. The van der Waals surface area contributed by atoms with Gasteiger partial charge in [-0.1, -0.05) is 17.7 Å². The number of aromatic hydroxyl groups is 2. The number of hydrogen-bond acceptors (Lipinski definition) is 7. The third-order valence-electron chi connectivity index (χ3n) is 3.50. The molecule has 0 bridgehead atoms. The zero-order chi connectivity index (χ0) is 20.5. The molecule has 1 saturated heterocycles. The monoisotopic (exact) mass is 456 g/mol. The summed E-state index contributed by atoms with van der Waals surface area (Å²) in [5, 5.41) is 19.3. The molecule has 2 heterocycles. The van der Waals surface area contributed by atoms with Crippen molar-refractivity contribution in [2.75, 3.05) is 6.54 Å². The van der Waals surface area contributed by atoms with Crippen LogP contribution in [0.5, 0.6) is 11.5 Å². The Morgan fingerprint density at radius 1 is 1.25 bits per heavy atom. The molecule has 11 heteroatoms. The summed E-state index contributed by atoms with van der Waals surface area (Å²) >= 11 is 7.52. The molecule has 1 amide bonds. The van der Waals surface area contributed by atoms with E-state index in [1.54, 1.807) is 0 Å². The Kier molecular flexibility index (Phi) is 5.84. The molecule has 7 nitrogen and oxygen atoms in total. The number of phenolic OH excluding ortho intramolecular Hbond substituents is 2. The minimum atomic E-state index is -4.04. The van der Waals surface area contributed by atoms with Crippen LogP contribution in [0.2, 0.25) is 4.34 Å². The first kappa shape index (κ1) is 20.5. The predicted molar refractivity (Wildman–Crippen MR) is 111 cm³/mol. The van der Waals surface area contributed by atoms with Crippen LogP contribution < -0.4 is 0 Å². The van der Waals surface area contributed by atoms with Crippen molar-refractivity contribution >= 4 is 61.9 Å². The summed E-state index contributed by atoms with van der Waals surface area (Å²) in [6, 6.07) is 6.72. The van der Waals surface area contributed by atoms with Crippen LogP contribution >= 0.6 is 34.7 Å². The van der Waals surface area contributed by atoms with Gasteiger partial charge in [-0.25, -0.2) is 0 Å². The lowest BCUT2D eigenvalue weighted by molar-refractivity contribution is -0.121. The SMILES string of the molecule is C=CCN1C(=O)/C(=C/c2ccc(O)cc2O)S/C1=N/S(=O)(=O)c1ccc(Cl)s1.